The van der Waals surface area contributed by atoms with Crippen LogP contribution in [0.2, 0.25) is 0 Å². The molecule has 0 saturated heterocycles. The number of halogens is 2. The highest BCUT2D eigenvalue weighted by atomic mass is 19.1. The van der Waals surface area contributed by atoms with Crippen molar-refractivity contribution in [2.75, 3.05) is 5.73 Å². The summed E-state index contributed by atoms with van der Waals surface area (Å²) in [6.07, 6.45) is 2.17. The zero-order valence-electron chi connectivity index (χ0n) is 14.9. The first-order valence-corrected chi connectivity index (χ1v) is 8.82. The Balaban J connectivity index is 1.88. The summed E-state index contributed by atoms with van der Waals surface area (Å²) in [6, 6.07) is 16.7. The molecule has 2 aromatic heterocycles. The average Bonchev–Trinajstić information content (AvgIpc) is 2.69. The lowest BCUT2D eigenvalue weighted by molar-refractivity contribution is 0.587. The predicted octanol–water partition coefficient (Wildman–Crippen LogP) is 4.17. The van der Waals surface area contributed by atoms with E-state index in [9.17, 15) is 9.18 Å². The molecule has 4 aromatic rings. The molecule has 4 nitrogen and oxygen atoms in total. The second-order valence-electron chi connectivity index (χ2n) is 6.50. The van der Waals surface area contributed by atoms with E-state index >= 15 is 4.39 Å². The molecule has 0 fully saturated rings. The number of hydrogen-bond donors (Lipinski definition) is 1. The molecule has 2 aromatic carbocycles. The van der Waals surface area contributed by atoms with Crippen molar-refractivity contribution < 1.29 is 8.78 Å². The van der Waals surface area contributed by atoms with Gasteiger partial charge in [-0.3, -0.25) is 4.79 Å². The second-order valence-corrected chi connectivity index (χ2v) is 6.50. The molecule has 2 N–H and O–H groups in total. The van der Waals surface area contributed by atoms with Crippen molar-refractivity contribution >= 4 is 16.7 Å². The number of nitrogen functional groups attached to an aromatic ring is 1. The van der Waals surface area contributed by atoms with Crippen molar-refractivity contribution in [2.24, 2.45) is 0 Å². The second kappa shape index (κ2) is 7.23. The Hall–Kier alpha value is -3.54. The number of anilines is 1. The van der Waals surface area contributed by atoms with E-state index in [1.165, 1.54) is 24.4 Å². The first-order chi connectivity index (χ1) is 13.5. The molecule has 0 aliphatic carbocycles. The van der Waals surface area contributed by atoms with Crippen LogP contribution in [0.1, 0.15) is 5.56 Å². The number of fused-ring (bicyclic) bond motifs is 1. The fourth-order valence-corrected chi connectivity index (χ4v) is 3.31. The maximum Gasteiger partial charge on any atom is 0.189 e. The first-order valence-electron chi connectivity index (χ1n) is 8.82. The molecule has 0 radical (unpaired) electrons. The van der Waals surface area contributed by atoms with Gasteiger partial charge in [-0.2, -0.15) is 0 Å². The van der Waals surface area contributed by atoms with E-state index < -0.39 is 17.1 Å². The van der Waals surface area contributed by atoms with Crippen LogP contribution in [0, 0.1) is 11.6 Å². The smallest absolute Gasteiger partial charge is 0.189 e. The number of nitrogens with two attached hydrogens (primary N) is 1. The van der Waals surface area contributed by atoms with Crippen LogP contribution in [0.3, 0.4) is 0 Å². The van der Waals surface area contributed by atoms with Gasteiger partial charge in [-0.1, -0.05) is 36.4 Å². The van der Waals surface area contributed by atoms with Crippen molar-refractivity contribution in [3.63, 3.8) is 0 Å². The molecule has 140 valence electrons. The first kappa shape index (κ1) is 17.9. The largest absolute Gasteiger partial charge is 0.384 e. The number of nitrogens with zero attached hydrogens (tertiary/aromatic N) is 2. The van der Waals surface area contributed by atoms with Crippen molar-refractivity contribution in [1.82, 2.24) is 9.55 Å². The van der Waals surface area contributed by atoms with Crippen LogP contribution >= 0.6 is 0 Å². The third kappa shape index (κ3) is 3.24. The van der Waals surface area contributed by atoms with E-state index in [1.807, 2.05) is 30.3 Å². The van der Waals surface area contributed by atoms with Crippen LogP contribution in [0.15, 0.2) is 71.7 Å². The minimum atomic E-state index is -0.846. The molecule has 2 heterocycles. The Bertz CT molecular complexity index is 1220. The van der Waals surface area contributed by atoms with E-state index in [4.69, 9.17) is 5.73 Å². The van der Waals surface area contributed by atoms with Gasteiger partial charge in [0.15, 0.2) is 11.2 Å². The highest BCUT2D eigenvalue weighted by molar-refractivity contribution is 5.85. The summed E-state index contributed by atoms with van der Waals surface area (Å²) in [5.41, 5.74) is 6.16. The van der Waals surface area contributed by atoms with Gasteiger partial charge in [0.2, 0.25) is 0 Å². The third-order valence-corrected chi connectivity index (χ3v) is 4.66. The van der Waals surface area contributed by atoms with E-state index in [2.05, 4.69) is 4.98 Å². The lowest BCUT2D eigenvalue weighted by Crippen LogP contribution is -2.12. The third-order valence-electron chi connectivity index (χ3n) is 4.66. The zero-order chi connectivity index (χ0) is 19.7. The van der Waals surface area contributed by atoms with Gasteiger partial charge in [0.05, 0.1) is 22.2 Å². The van der Waals surface area contributed by atoms with Crippen LogP contribution in [-0.4, -0.2) is 9.55 Å². The molecule has 6 heteroatoms. The van der Waals surface area contributed by atoms with Crippen LogP contribution in [0.25, 0.3) is 22.2 Å². The van der Waals surface area contributed by atoms with Gasteiger partial charge in [0, 0.05) is 18.8 Å². The number of benzene rings is 2. The number of rotatable bonds is 4. The zero-order valence-corrected chi connectivity index (χ0v) is 14.9. The number of aryl methyl sites for hydroxylation is 2. The highest BCUT2D eigenvalue weighted by Gasteiger charge is 2.20. The van der Waals surface area contributed by atoms with E-state index in [-0.39, 0.29) is 28.0 Å². The molecule has 0 atom stereocenters. The Morgan fingerprint density at radius 3 is 2.54 bits per heavy atom. The molecule has 0 aliphatic rings. The summed E-state index contributed by atoms with van der Waals surface area (Å²) in [6.45, 7) is 0.438. The molecule has 0 amide bonds. The Kier molecular flexibility index (Phi) is 4.61. The molecular weight excluding hydrogens is 360 g/mol. The Morgan fingerprint density at radius 1 is 1.00 bits per heavy atom. The minimum absolute atomic E-state index is 0.00165. The van der Waals surface area contributed by atoms with Gasteiger partial charge in [0.25, 0.3) is 0 Å². The topological polar surface area (TPSA) is 60.9 Å². The van der Waals surface area contributed by atoms with Crippen molar-refractivity contribution in [1.29, 1.82) is 0 Å². The summed E-state index contributed by atoms with van der Waals surface area (Å²) < 4.78 is 31.8. The highest BCUT2D eigenvalue weighted by Crippen LogP contribution is 2.30. The van der Waals surface area contributed by atoms with Crippen LogP contribution < -0.4 is 11.2 Å². The number of aromatic nitrogens is 2. The van der Waals surface area contributed by atoms with E-state index in [1.54, 1.807) is 10.6 Å². The fraction of sp³-hybridized carbons (Fsp3) is 0.0909. The molecule has 0 spiro atoms. The van der Waals surface area contributed by atoms with Crippen molar-refractivity contribution in [3.8, 4) is 11.3 Å². The molecule has 0 unspecified atom stereocenters. The van der Waals surface area contributed by atoms with Gasteiger partial charge < -0.3 is 10.3 Å². The van der Waals surface area contributed by atoms with Gasteiger partial charge in [-0.25, -0.2) is 13.8 Å². The van der Waals surface area contributed by atoms with Crippen LogP contribution in [-0.2, 0) is 13.0 Å². The molecule has 4 rings (SSSR count). The quantitative estimate of drug-likeness (QED) is 0.581. The summed E-state index contributed by atoms with van der Waals surface area (Å²) in [5, 5.41) is -0.00165. The molecule has 0 saturated carbocycles. The predicted molar refractivity (Wildman–Crippen MR) is 106 cm³/mol. The van der Waals surface area contributed by atoms with E-state index in [0.29, 0.717) is 13.0 Å². The summed E-state index contributed by atoms with van der Waals surface area (Å²) in [5.74, 6) is -1.51. The molecule has 28 heavy (non-hydrogen) atoms. The Labute approximate surface area is 159 Å². The molecule has 0 bridgehead atoms. The normalized spacial score (nSPS) is 11.1. The van der Waals surface area contributed by atoms with Crippen LogP contribution in [0.4, 0.5) is 14.6 Å². The molecule has 0 aliphatic heterocycles. The minimum Gasteiger partial charge on any atom is -0.384 e. The standard InChI is InChI=1S/C22H17F2N3O/c23-16-13-15-18(28)10-12-27(11-9-14-5-2-1-3-6-14)22(15)21(24)20(16)17-7-4-8-19(25)26-17/h1-8,10,12-13H,9,11H2,(H2,25,26). The fourth-order valence-electron chi connectivity index (χ4n) is 3.31. The molecular formula is C22H17F2N3O. The lowest BCUT2D eigenvalue weighted by atomic mass is 10.0. The number of pyridine rings is 2. The van der Waals surface area contributed by atoms with Gasteiger partial charge >= 0.3 is 0 Å². The SMILES string of the molecule is Nc1cccc(-c2c(F)cc3c(=O)ccn(CCc4ccccc4)c3c2F)n1. The summed E-state index contributed by atoms with van der Waals surface area (Å²) in [4.78, 5) is 16.3. The average molecular weight is 377 g/mol. The van der Waals surface area contributed by atoms with Gasteiger partial charge in [-0.05, 0) is 30.2 Å². The van der Waals surface area contributed by atoms with Crippen molar-refractivity contribution in [3.05, 3.63) is 94.3 Å². The lowest BCUT2D eigenvalue weighted by Gasteiger charge is -2.14. The number of hydrogen-bond acceptors (Lipinski definition) is 3. The Morgan fingerprint density at radius 2 is 1.79 bits per heavy atom. The maximum atomic E-state index is 15.4. The van der Waals surface area contributed by atoms with Gasteiger partial charge in [0.1, 0.15) is 11.6 Å². The summed E-state index contributed by atoms with van der Waals surface area (Å²) >= 11 is 0. The summed E-state index contributed by atoms with van der Waals surface area (Å²) in [7, 11) is 0. The monoisotopic (exact) mass is 377 g/mol. The maximum absolute atomic E-state index is 15.4. The van der Waals surface area contributed by atoms with E-state index in [0.717, 1.165) is 11.6 Å². The van der Waals surface area contributed by atoms with Gasteiger partial charge in [-0.15, -0.1) is 0 Å². The van der Waals surface area contributed by atoms with Crippen LogP contribution in [0.5, 0.6) is 0 Å². The van der Waals surface area contributed by atoms with Crippen molar-refractivity contribution in [2.45, 2.75) is 13.0 Å².